The van der Waals surface area contributed by atoms with Crippen LogP contribution in [0.5, 0.6) is 0 Å². The molecule has 96 valence electrons. The molecule has 1 N–H and O–H groups in total. The number of halogens is 1. The van der Waals surface area contributed by atoms with E-state index < -0.39 is 6.10 Å². The molecule has 2 aromatic rings. The second kappa shape index (κ2) is 8.06. The van der Waals surface area contributed by atoms with Crippen LogP contribution in [-0.2, 0) is 0 Å². The fraction of sp³-hybridized carbons (Fsp3) is 0.455. The third-order valence-corrected chi connectivity index (χ3v) is 3.06. The number of unbranched alkanes of at least 4 members (excludes halogenated alkanes) is 1. The number of aromatic nitrogens is 5. The predicted octanol–water partition coefficient (Wildman–Crippen LogP) is -1.38. The summed E-state index contributed by atoms with van der Waals surface area (Å²) >= 11 is 3.28. The Morgan fingerprint density at radius 3 is 2.84 bits per heavy atom. The van der Waals surface area contributed by atoms with E-state index in [1.807, 2.05) is 0 Å². The molecular formula is C11H13BrN5NaO. The van der Waals surface area contributed by atoms with E-state index in [2.05, 4.69) is 48.5 Å². The number of rotatable bonds is 5. The zero-order valence-corrected chi connectivity index (χ0v) is 14.5. The van der Waals surface area contributed by atoms with Gasteiger partial charge in [0.05, 0.1) is 0 Å². The summed E-state index contributed by atoms with van der Waals surface area (Å²) in [5.74, 6) is 0.351. The molecule has 0 fully saturated rings. The van der Waals surface area contributed by atoms with Crippen LogP contribution in [0.25, 0.3) is 11.5 Å². The van der Waals surface area contributed by atoms with Crippen molar-refractivity contribution in [2.24, 2.45) is 0 Å². The van der Waals surface area contributed by atoms with Gasteiger partial charge in [0.2, 0.25) is 5.82 Å². The van der Waals surface area contributed by atoms with Crippen molar-refractivity contribution in [2.45, 2.75) is 32.3 Å². The number of nitrogens with zero attached hydrogens (tertiary/aromatic N) is 4. The quantitative estimate of drug-likeness (QED) is 0.538. The van der Waals surface area contributed by atoms with E-state index in [1.165, 1.54) is 0 Å². The fourth-order valence-corrected chi connectivity index (χ4v) is 2.00. The van der Waals surface area contributed by atoms with Crippen molar-refractivity contribution in [1.29, 1.82) is 0 Å². The summed E-state index contributed by atoms with van der Waals surface area (Å²) in [6, 6.07) is 3.53. The van der Waals surface area contributed by atoms with Crippen LogP contribution in [0, 0.1) is 0 Å². The minimum Gasteiger partial charge on any atom is -0.848 e. The molecule has 0 amide bonds. The monoisotopic (exact) mass is 333 g/mol. The van der Waals surface area contributed by atoms with Crippen LogP contribution >= 0.6 is 15.9 Å². The molecule has 0 aliphatic rings. The molecular weight excluding hydrogens is 321 g/mol. The van der Waals surface area contributed by atoms with Crippen LogP contribution < -0.4 is 34.7 Å². The first-order chi connectivity index (χ1) is 8.72. The summed E-state index contributed by atoms with van der Waals surface area (Å²) in [6.45, 7) is 2.06. The SMILES string of the molecule is CCCCC([O-])c1ccc(Br)nc1-c1nn[nH]n1.[Na+]. The molecule has 6 nitrogen and oxygen atoms in total. The second-order valence-electron chi connectivity index (χ2n) is 3.94. The summed E-state index contributed by atoms with van der Waals surface area (Å²) in [4.78, 5) is 4.28. The van der Waals surface area contributed by atoms with Gasteiger partial charge in [-0.25, -0.2) is 4.98 Å². The van der Waals surface area contributed by atoms with Crippen molar-refractivity contribution in [1.82, 2.24) is 25.6 Å². The van der Waals surface area contributed by atoms with Gasteiger partial charge in [-0.1, -0.05) is 38.4 Å². The van der Waals surface area contributed by atoms with E-state index in [0.29, 0.717) is 28.1 Å². The van der Waals surface area contributed by atoms with E-state index >= 15 is 0 Å². The van der Waals surface area contributed by atoms with Crippen LogP contribution in [0.4, 0.5) is 0 Å². The van der Waals surface area contributed by atoms with E-state index in [9.17, 15) is 5.11 Å². The van der Waals surface area contributed by atoms with E-state index in [0.717, 1.165) is 12.8 Å². The number of aromatic amines is 1. The molecule has 19 heavy (non-hydrogen) atoms. The van der Waals surface area contributed by atoms with Gasteiger partial charge < -0.3 is 5.11 Å². The van der Waals surface area contributed by atoms with Crippen molar-refractivity contribution in [3.05, 3.63) is 22.3 Å². The molecule has 2 rings (SSSR count). The molecule has 2 aromatic heterocycles. The number of pyridine rings is 1. The Bertz CT molecular complexity index is 508. The number of hydrogen-bond donors (Lipinski definition) is 1. The molecule has 0 aliphatic heterocycles. The number of nitrogens with one attached hydrogen (secondary N) is 1. The van der Waals surface area contributed by atoms with Crippen molar-refractivity contribution in [3.8, 4) is 11.5 Å². The molecule has 0 bridgehead atoms. The molecule has 0 aliphatic carbocycles. The maximum absolute atomic E-state index is 12.2. The Hall–Kier alpha value is -0.340. The Kier molecular flexibility index (Phi) is 7.09. The van der Waals surface area contributed by atoms with Gasteiger partial charge in [-0.3, -0.25) is 0 Å². The van der Waals surface area contributed by atoms with Crippen molar-refractivity contribution < 1.29 is 34.7 Å². The molecule has 0 saturated heterocycles. The minimum absolute atomic E-state index is 0. The number of hydrogen-bond acceptors (Lipinski definition) is 5. The van der Waals surface area contributed by atoms with Gasteiger partial charge in [0.15, 0.2) is 0 Å². The Labute approximate surface area is 141 Å². The van der Waals surface area contributed by atoms with E-state index in [4.69, 9.17) is 0 Å². The first kappa shape index (κ1) is 16.7. The smallest absolute Gasteiger partial charge is 0.848 e. The Balaban J connectivity index is 0.00000180. The number of tetrazole rings is 1. The Morgan fingerprint density at radius 1 is 1.42 bits per heavy atom. The predicted molar refractivity (Wildman–Crippen MR) is 67.4 cm³/mol. The Morgan fingerprint density at radius 2 is 2.21 bits per heavy atom. The fourth-order valence-electron chi connectivity index (χ4n) is 1.69. The van der Waals surface area contributed by atoms with E-state index in [-0.39, 0.29) is 29.6 Å². The summed E-state index contributed by atoms with van der Waals surface area (Å²) in [5.41, 5.74) is 1.11. The maximum Gasteiger partial charge on any atom is 1.00 e. The van der Waals surface area contributed by atoms with Crippen LogP contribution in [0.2, 0.25) is 0 Å². The van der Waals surface area contributed by atoms with Gasteiger partial charge in [-0.15, -0.1) is 10.2 Å². The van der Waals surface area contributed by atoms with Gasteiger partial charge in [0, 0.05) is 0 Å². The van der Waals surface area contributed by atoms with Gasteiger partial charge >= 0.3 is 29.6 Å². The summed E-state index contributed by atoms with van der Waals surface area (Å²) < 4.78 is 0.647. The topological polar surface area (TPSA) is 90.4 Å². The molecule has 0 spiro atoms. The average molecular weight is 334 g/mol. The molecule has 0 radical (unpaired) electrons. The molecule has 0 aromatic carbocycles. The zero-order valence-electron chi connectivity index (χ0n) is 10.9. The molecule has 1 unspecified atom stereocenters. The van der Waals surface area contributed by atoms with Crippen molar-refractivity contribution >= 4 is 15.9 Å². The molecule has 0 saturated carbocycles. The van der Waals surface area contributed by atoms with Crippen molar-refractivity contribution in [2.75, 3.05) is 0 Å². The molecule has 8 heteroatoms. The van der Waals surface area contributed by atoms with Crippen LogP contribution in [0.15, 0.2) is 16.7 Å². The summed E-state index contributed by atoms with van der Waals surface area (Å²) in [6.07, 6.45) is 1.68. The first-order valence-electron chi connectivity index (χ1n) is 5.78. The zero-order chi connectivity index (χ0) is 13.0. The first-order valence-corrected chi connectivity index (χ1v) is 6.57. The largest absolute Gasteiger partial charge is 1.00 e. The minimum atomic E-state index is -0.806. The third kappa shape index (κ3) is 4.32. The normalized spacial score (nSPS) is 11.9. The van der Waals surface area contributed by atoms with Gasteiger partial charge in [-0.05, 0) is 32.8 Å². The van der Waals surface area contributed by atoms with Crippen LogP contribution in [-0.4, -0.2) is 25.6 Å². The molecule has 2 heterocycles. The third-order valence-electron chi connectivity index (χ3n) is 2.62. The van der Waals surface area contributed by atoms with Gasteiger partial charge in [-0.2, -0.15) is 5.21 Å². The van der Waals surface area contributed by atoms with Crippen LogP contribution in [0.1, 0.15) is 37.9 Å². The average Bonchev–Trinajstić information content (AvgIpc) is 2.89. The second-order valence-corrected chi connectivity index (χ2v) is 4.75. The maximum atomic E-state index is 12.2. The van der Waals surface area contributed by atoms with Crippen LogP contribution in [0.3, 0.4) is 0 Å². The van der Waals surface area contributed by atoms with Gasteiger partial charge in [0.25, 0.3) is 0 Å². The van der Waals surface area contributed by atoms with Crippen molar-refractivity contribution in [3.63, 3.8) is 0 Å². The summed E-state index contributed by atoms with van der Waals surface area (Å²) in [7, 11) is 0. The van der Waals surface area contributed by atoms with Gasteiger partial charge in [0.1, 0.15) is 10.3 Å². The molecule has 1 atom stereocenters. The summed E-state index contributed by atoms with van der Waals surface area (Å²) in [5, 5.41) is 25.8. The number of H-pyrrole nitrogens is 1. The van der Waals surface area contributed by atoms with E-state index in [1.54, 1.807) is 12.1 Å². The standard InChI is InChI=1S/C11H13BrN5O.Na/c1-2-3-4-8(18)7-5-6-9(12)13-10(7)11-14-16-17-15-11;/h5-6,8H,2-4H2,1H3,(H,14,15,16,17);/q-1;+1.